The van der Waals surface area contributed by atoms with Crippen LogP contribution < -0.4 is 10.6 Å². The molecule has 0 heterocycles. The topological polar surface area (TPSA) is 41.1 Å². The molecule has 0 fully saturated rings. The number of hydrogen-bond acceptors (Lipinski definition) is 2. The summed E-state index contributed by atoms with van der Waals surface area (Å²) < 4.78 is 0. The summed E-state index contributed by atoms with van der Waals surface area (Å²) in [6.07, 6.45) is 0.972. The average molecular weight is 220 g/mol. The van der Waals surface area contributed by atoms with Crippen LogP contribution in [0.15, 0.2) is 30.3 Å². The predicted octanol–water partition coefficient (Wildman–Crippen LogP) is 1.86. The third-order valence-electron chi connectivity index (χ3n) is 2.44. The first-order chi connectivity index (χ1) is 7.74. The lowest BCUT2D eigenvalue weighted by Gasteiger charge is -2.13. The third-order valence-corrected chi connectivity index (χ3v) is 2.44. The minimum absolute atomic E-state index is 0.0598. The molecule has 0 saturated heterocycles. The van der Waals surface area contributed by atoms with E-state index in [0.717, 1.165) is 13.0 Å². The van der Waals surface area contributed by atoms with Crippen molar-refractivity contribution in [3.05, 3.63) is 35.9 Å². The lowest BCUT2D eigenvalue weighted by Crippen LogP contribution is -2.35. The van der Waals surface area contributed by atoms with Gasteiger partial charge in [0.25, 0.3) is 0 Å². The number of hydrogen-bond donors (Lipinski definition) is 2. The van der Waals surface area contributed by atoms with Gasteiger partial charge in [-0.1, -0.05) is 37.3 Å². The van der Waals surface area contributed by atoms with E-state index in [4.69, 9.17) is 0 Å². The van der Waals surface area contributed by atoms with Crippen LogP contribution in [-0.4, -0.2) is 19.0 Å². The molecule has 0 saturated carbocycles. The van der Waals surface area contributed by atoms with Gasteiger partial charge in [0, 0.05) is 12.6 Å². The van der Waals surface area contributed by atoms with Crippen molar-refractivity contribution in [3.63, 3.8) is 0 Å². The molecular weight excluding hydrogens is 200 g/mol. The highest BCUT2D eigenvalue weighted by Crippen LogP contribution is 2.10. The van der Waals surface area contributed by atoms with E-state index in [-0.39, 0.29) is 11.9 Å². The first-order valence-electron chi connectivity index (χ1n) is 5.79. The zero-order valence-electron chi connectivity index (χ0n) is 9.99. The molecule has 1 amide bonds. The summed E-state index contributed by atoms with van der Waals surface area (Å²) in [4.78, 5) is 11.4. The Balaban J connectivity index is 2.30. The number of benzene rings is 1. The first-order valence-corrected chi connectivity index (χ1v) is 5.79. The maximum Gasteiger partial charge on any atom is 0.233 e. The van der Waals surface area contributed by atoms with E-state index in [1.54, 1.807) is 0 Å². The standard InChI is InChI=1S/C13H20N2O/c1-3-9-14-13(16)10-15-11(2)12-7-5-4-6-8-12/h4-8,11,15H,3,9-10H2,1-2H3,(H,14,16)/t11-/m1/s1. The largest absolute Gasteiger partial charge is 0.355 e. The van der Waals surface area contributed by atoms with Crippen LogP contribution in [0.25, 0.3) is 0 Å². The van der Waals surface area contributed by atoms with Gasteiger partial charge in [0.2, 0.25) is 5.91 Å². The minimum atomic E-state index is 0.0598. The summed E-state index contributed by atoms with van der Waals surface area (Å²) in [5.74, 6) is 0.0598. The van der Waals surface area contributed by atoms with Crippen molar-refractivity contribution in [2.24, 2.45) is 0 Å². The smallest absolute Gasteiger partial charge is 0.233 e. The second-order valence-electron chi connectivity index (χ2n) is 3.86. The van der Waals surface area contributed by atoms with Gasteiger partial charge in [-0.3, -0.25) is 4.79 Å². The predicted molar refractivity (Wildman–Crippen MR) is 66.2 cm³/mol. The monoisotopic (exact) mass is 220 g/mol. The zero-order chi connectivity index (χ0) is 11.8. The van der Waals surface area contributed by atoms with Gasteiger partial charge in [-0.25, -0.2) is 0 Å². The lowest BCUT2D eigenvalue weighted by molar-refractivity contribution is -0.120. The molecule has 0 bridgehead atoms. The van der Waals surface area contributed by atoms with E-state index >= 15 is 0 Å². The van der Waals surface area contributed by atoms with Crippen LogP contribution in [0.2, 0.25) is 0 Å². The second-order valence-corrected chi connectivity index (χ2v) is 3.86. The van der Waals surface area contributed by atoms with E-state index < -0.39 is 0 Å². The molecule has 88 valence electrons. The van der Waals surface area contributed by atoms with Gasteiger partial charge in [0.15, 0.2) is 0 Å². The number of rotatable bonds is 6. The van der Waals surface area contributed by atoms with Gasteiger partial charge in [-0.15, -0.1) is 0 Å². The molecule has 1 atom stereocenters. The normalized spacial score (nSPS) is 12.1. The van der Waals surface area contributed by atoms with E-state index in [0.29, 0.717) is 6.54 Å². The Morgan fingerprint density at radius 3 is 2.62 bits per heavy atom. The number of amides is 1. The molecule has 0 aliphatic carbocycles. The van der Waals surface area contributed by atoms with Crippen LogP contribution >= 0.6 is 0 Å². The van der Waals surface area contributed by atoms with Crippen molar-refractivity contribution < 1.29 is 4.79 Å². The molecule has 3 nitrogen and oxygen atoms in total. The van der Waals surface area contributed by atoms with Crippen LogP contribution in [0.5, 0.6) is 0 Å². The highest BCUT2D eigenvalue weighted by atomic mass is 16.1. The molecular formula is C13H20N2O. The first kappa shape index (κ1) is 12.7. The third kappa shape index (κ3) is 4.45. The molecule has 1 aromatic carbocycles. The maximum absolute atomic E-state index is 11.4. The van der Waals surface area contributed by atoms with Crippen molar-refractivity contribution in [1.82, 2.24) is 10.6 Å². The van der Waals surface area contributed by atoms with Gasteiger partial charge in [0.1, 0.15) is 0 Å². The summed E-state index contributed by atoms with van der Waals surface area (Å²) in [5, 5.41) is 6.03. The lowest BCUT2D eigenvalue weighted by atomic mass is 10.1. The number of carbonyl (C=O) groups is 1. The van der Waals surface area contributed by atoms with Gasteiger partial charge < -0.3 is 10.6 Å². The fraction of sp³-hybridized carbons (Fsp3) is 0.462. The minimum Gasteiger partial charge on any atom is -0.355 e. The van der Waals surface area contributed by atoms with E-state index in [2.05, 4.69) is 29.7 Å². The Bertz CT molecular complexity index is 311. The SMILES string of the molecule is CCCNC(=O)CN[C@H](C)c1ccccc1. The van der Waals surface area contributed by atoms with Crippen molar-refractivity contribution in [2.75, 3.05) is 13.1 Å². The second kappa shape index (κ2) is 7.01. The summed E-state index contributed by atoms with van der Waals surface area (Å²) in [5.41, 5.74) is 1.20. The molecule has 0 aromatic heterocycles. The van der Waals surface area contributed by atoms with Crippen molar-refractivity contribution >= 4 is 5.91 Å². The zero-order valence-corrected chi connectivity index (χ0v) is 9.99. The van der Waals surface area contributed by atoms with Gasteiger partial charge in [-0.05, 0) is 18.9 Å². The molecule has 0 radical (unpaired) electrons. The Morgan fingerprint density at radius 1 is 1.31 bits per heavy atom. The van der Waals surface area contributed by atoms with Crippen molar-refractivity contribution in [2.45, 2.75) is 26.3 Å². The Morgan fingerprint density at radius 2 is 2.00 bits per heavy atom. The molecule has 0 aliphatic heterocycles. The van der Waals surface area contributed by atoms with Gasteiger partial charge in [-0.2, -0.15) is 0 Å². The Labute approximate surface area is 97.2 Å². The van der Waals surface area contributed by atoms with Gasteiger partial charge in [0.05, 0.1) is 6.54 Å². The van der Waals surface area contributed by atoms with Crippen LogP contribution in [-0.2, 0) is 4.79 Å². The number of nitrogens with one attached hydrogen (secondary N) is 2. The molecule has 0 aliphatic rings. The molecule has 1 aromatic rings. The van der Waals surface area contributed by atoms with E-state index in [1.165, 1.54) is 5.56 Å². The highest BCUT2D eigenvalue weighted by Gasteiger charge is 2.06. The van der Waals surface area contributed by atoms with Crippen LogP contribution in [0.1, 0.15) is 31.9 Å². The van der Waals surface area contributed by atoms with Crippen molar-refractivity contribution in [3.8, 4) is 0 Å². The van der Waals surface area contributed by atoms with Crippen molar-refractivity contribution in [1.29, 1.82) is 0 Å². The average Bonchev–Trinajstić information content (AvgIpc) is 2.34. The fourth-order valence-corrected chi connectivity index (χ4v) is 1.43. The molecule has 16 heavy (non-hydrogen) atoms. The van der Waals surface area contributed by atoms with Crippen LogP contribution in [0.3, 0.4) is 0 Å². The Kier molecular flexibility index (Phi) is 5.57. The summed E-state index contributed by atoms with van der Waals surface area (Å²) in [6, 6.07) is 10.3. The number of carbonyl (C=O) groups excluding carboxylic acids is 1. The Hall–Kier alpha value is -1.35. The molecule has 0 unspecified atom stereocenters. The molecule has 2 N–H and O–H groups in total. The quantitative estimate of drug-likeness (QED) is 0.768. The summed E-state index contributed by atoms with van der Waals surface area (Å²) in [6.45, 7) is 5.22. The van der Waals surface area contributed by atoms with E-state index in [9.17, 15) is 4.79 Å². The highest BCUT2D eigenvalue weighted by molar-refractivity contribution is 5.77. The molecule has 0 spiro atoms. The van der Waals surface area contributed by atoms with E-state index in [1.807, 2.05) is 25.1 Å². The summed E-state index contributed by atoms with van der Waals surface area (Å²) in [7, 11) is 0. The maximum atomic E-state index is 11.4. The molecule has 3 heteroatoms. The van der Waals surface area contributed by atoms with Crippen LogP contribution in [0.4, 0.5) is 0 Å². The fourth-order valence-electron chi connectivity index (χ4n) is 1.43. The molecule has 1 rings (SSSR count). The summed E-state index contributed by atoms with van der Waals surface area (Å²) >= 11 is 0. The van der Waals surface area contributed by atoms with Gasteiger partial charge >= 0.3 is 0 Å². The van der Waals surface area contributed by atoms with Crippen LogP contribution in [0, 0.1) is 0 Å².